The fraction of sp³-hybridized carbons (Fsp3) is 0.376. The molecule has 0 saturated carbocycles. The Labute approximate surface area is 851 Å². The third-order valence-corrected chi connectivity index (χ3v) is 22.9. The van der Waals surface area contributed by atoms with Gasteiger partial charge >= 0.3 is 23.9 Å². The van der Waals surface area contributed by atoms with Crippen LogP contribution in [0.25, 0.3) is 43.6 Å². The number of H-pyrrole nitrogens is 4. The summed E-state index contributed by atoms with van der Waals surface area (Å²) < 4.78 is 7.16. The predicted octanol–water partition coefficient (Wildman–Crippen LogP) is -2.73. The molecule has 7 atom stereocenters. The van der Waals surface area contributed by atoms with E-state index in [1.165, 1.54) is 14.0 Å². The number of anilines is 4. The fourth-order valence-corrected chi connectivity index (χ4v) is 14.8. The SMILES string of the molecule is CC(CCC(=O)NCC(=O)N[C@@H](CNC(=O)c1ccc2c(cnn2CCCNc2ncc[nH]2)c1)C(=O)O)C(=O)NCC(=O)N[C@@H](CNC(=O)c1ccc2c(cnn2CCCNc2ncc[nH]2)c1)C(=O)O.CNC(=O)CCC(N)C(=O)NC(CCC(=O)NCC(=O)N[C@@H](CNC(=O)c1ccc2c(cnn2CCCNc2ncc[nH]2)c1)C(=O)O)C(=O)NCC(=O)N[C@@H](CNC(=O)c1ccc2c(cnn2CCCNc2ncc[nH]2)c1)C(=O)O. The van der Waals surface area contributed by atoms with E-state index >= 15 is 0 Å². The molecule has 8 heterocycles. The van der Waals surface area contributed by atoms with E-state index in [-0.39, 0.29) is 47.9 Å². The Morgan fingerprint density at radius 3 is 0.887 bits per heavy atom. The molecule has 796 valence electrons. The van der Waals surface area contributed by atoms with Crippen LogP contribution in [0.4, 0.5) is 23.8 Å². The summed E-state index contributed by atoms with van der Waals surface area (Å²) in [6, 6.07) is 10.4. The minimum atomic E-state index is -1.65. The lowest BCUT2D eigenvalue weighted by Gasteiger charge is -2.21. The zero-order valence-electron chi connectivity index (χ0n) is 81.4. The number of benzene rings is 4. The van der Waals surface area contributed by atoms with Gasteiger partial charge in [-0.25, -0.2) is 39.1 Å². The van der Waals surface area contributed by atoms with E-state index in [2.05, 4.69) is 156 Å². The van der Waals surface area contributed by atoms with Crippen LogP contribution in [0.5, 0.6) is 0 Å². The maximum absolute atomic E-state index is 13.4. The van der Waals surface area contributed by atoms with E-state index in [9.17, 15) is 107 Å². The van der Waals surface area contributed by atoms with E-state index in [0.717, 1.165) is 47.8 Å². The molecule has 0 radical (unpaired) electrons. The summed E-state index contributed by atoms with van der Waals surface area (Å²) in [6.07, 6.45) is 21.4. The number of aryl methyl sites for hydroxylation is 4. The fourth-order valence-electron chi connectivity index (χ4n) is 14.8. The van der Waals surface area contributed by atoms with E-state index in [0.29, 0.717) is 97.7 Å². The minimum Gasteiger partial charge on any atom is -0.480 e. The lowest BCUT2D eigenvalue weighted by molar-refractivity contribution is -0.142. The summed E-state index contributed by atoms with van der Waals surface area (Å²) in [5.41, 5.74) is 10.0. The number of hydrogen-bond acceptors (Lipinski definition) is 31. The van der Waals surface area contributed by atoms with Crippen LogP contribution in [-0.2, 0) is 93.3 Å². The summed E-state index contributed by atoms with van der Waals surface area (Å²) in [5.74, 6) is -14.4. The largest absolute Gasteiger partial charge is 0.480 e. The number of nitrogens with one attached hydrogen (secondary N) is 22. The molecule has 0 bridgehead atoms. The van der Waals surface area contributed by atoms with Crippen molar-refractivity contribution in [3.63, 3.8) is 0 Å². The first kappa shape index (κ1) is 112. The number of amides is 14. The number of hydrogen-bond donors (Lipinski definition) is 27. The van der Waals surface area contributed by atoms with Gasteiger partial charge in [0.2, 0.25) is 59.1 Å². The summed E-state index contributed by atoms with van der Waals surface area (Å²) in [5, 5.41) is 105. The maximum atomic E-state index is 13.4. The van der Waals surface area contributed by atoms with Crippen molar-refractivity contribution in [3.05, 3.63) is 169 Å². The van der Waals surface area contributed by atoms with Gasteiger partial charge < -0.3 is 142 Å². The number of carbonyl (C=O) groups excluding carboxylic acids is 14. The number of nitrogens with two attached hydrogens (primary N) is 1. The molecule has 57 nitrogen and oxygen atoms in total. The number of nitrogens with zero attached hydrogens (tertiary/aromatic N) is 12. The third kappa shape index (κ3) is 35.0. The van der Waals surface area contributed by atoms with Gasteiger partial charge in [0.15, 0.2) is 23.8 Å². The van der Waals surface area contributed by atoms with Crippen LogP contribution in [0, 0.1) is 5.92 Å². The zero-order valence-corrected chi connectivity index (χ0v) is 81.4. The van der Waals surface area contributed by atoms with E-state index in [4.69, 9.17) is 5.73 Å². The predicted molar refractivity (Wildman–Crippen MR) is 536 cm³/mol. The summed E-state index contributed by atoms with van der Waals surface area (Å²) in [4.78, 5) is 255. The van der Waals surface area contributed by atoms with Crippen LogP contribution < -0.4 is 101 Å². The molecule has 57 heteroatoms. The zero-order chi connectivity index (χ0) is 108. The van der Waals surface area contributed by atoms with Crippen LogP contribution >= 0.6 is 0 Å². The quantitative estimate of drug-likeness (QED) is 0.0172. The Morgan fingerprint density at radius 1 is 0.327 bits per heavy atom. The van der Waals surface area contributed by atoms with Gasteiger partial charge in [-0.05, 0) is 118 Å². The van der Waals surface area contributed by atoms with E-state index in [1.54, 1.807) is 166 Å². The number of aromatic amines is 4. The van der Waals surface area contributed by atoms with Gasteiger partial charge in [0.25, 0.3) is 23.6 Å². The highest BCUT2D eigenvalue weighted by molar-refractivity contribution is 6.03. The van der Waals surface area contributed by atoms with Crippen LogP contribution in [0.2, 0.25) is 0 Å². The lowest BCUT2D eigenvalue weighted by atomic mass is 10.0. The summed E-state index contributed by atoms with van der Waals surface area (Å²) >= 11 is 0. The molecule has 4 aromatic carbocycles. The molecule has 0 aliphatic carbocycles. The second-order valence-corrected chi connectivity index (χ2v) is 34.0. The molecule has 0 aliphatic rings. The molecule has 28 N–H and O–H groups in total. The second-order valence-electron chi connectivity index (χ2n) is 34.0. The first-order chi connectivity index (χ1) is 72.2. The van der Waals surface area contributed by atoms with Crippen molar-refractivity contribution in [2.45, 2.75) is 134 Å². The van der Waals surface area contributed by atoms with Gasteiger partial charge in [-0.1, -0.05) is 6.92 Å². The Balaban J connectivity index is 0.000000287. The highest BCUT2D eigenvalue weighted by Gasteiger charge is 2.31. The molecule has 150 heavy (non-hydrogen) atoms. The number of aromatic nitrogens is 16. The van der Waals surface area contributed by atoms with E-state index in [1.807, 2.05) is 0 Å². The highest BCUT2D eigenvalue weighted by Crippen LogP contribution is 2.22. The van der Waals surface area contributed by atoms with Gasteiger partial charge in [0.05, 0.1) is 79.1 Å². The number of fused-ring (bicyclic) bond motifs is 4. The molecule has 3 unspecified atom stereocenters. The molecular weight excluding hydrogens is 1960 g/mol. The third-order valence-electron chi connectivity index (χ3n) is 22.9. The number of aliphatic carboxylic acids is 4. The molecule has 0 aliphatic heterocycles. The number of carboxylic acid groups (broad SMARTS) is 4. The van der Waals surface area contributed by atoms with Crippen molar-refractivity contribution in [3.8, 4) is 0 Å². The highest BCUT2D eigenvalue weighted by atomic mass is 16.4. The average molecular weight is 2080 g/mol. The average Bonchev–Trinajstić information content (AvgIpc) is 1.68. The number of carbonyl (C=O) groups is 18. The molecule has 12 rings (SSSR count). The Bertz CT molecular complexity index is 6680. The van der Waals surface area contributed by atoms with Gasteiger partial charge in [-0.15, -0.1) is 0 Å². The monoisotopic (exact) mass is 2080 g/mol. The number of carboxylic acids is 4. The topological polar surface area (TPSA) is 817 Å². The molecule has 0 spiro atoms. The first-order valence-electron chi connectivity index (χ1n) is 47.5. The number of imidazole rings is 4. The Hall–Kier alpha value is -18.8. The van der Waals surface area contributed by atoms with Crippen molar-refractivity contribution in [1.82, 2.24) is 153 Å². The Kier molecular flexibility index (Phi) is 42.0. The van der Waals surface area contributed by atoms with Crippen molar-refractivity contribution in [2.24, 2.45) is 11.7 Å². The molecule has 0 fully saturated rings. The van der Waals surface area contributed by atoms with Crippen LogP contribution in [0.3, 0.4) is 0 Å². The van der Waals surface area contributed by atoms with Crippen molar-refractivity contribution in [1.29, 1.82) is 0 Å². The van der Waals surface area contributed by atoms with Crippen molar-refractivity contribution >= 4 is 174 Å². The smallest absolute Gasteiger partial charge is 0.328 e. The van der Waals surface area contributed by atoms with Crippen LogP contribution in [-0.4, -0.2) is 328 Å². The first-order valence-corrected chi connectivity index (χ1v) is 47.5. The lowest BCUT2D eigenvalue weighted by Crippen LogP contribution is -2.54. The van der Waals surface area contributed by atoms with Crippen LogP contribution in [0.1, 0.15) is 113 Å². The summed E-state index contributed by atoms with van der Waals surface area (Å²) in [6.45, 7) is 1.71. The Morgan fingerprint density at radius 2 is 0.607 bits per heavy atom. The van der Waals surface area contributed by atoms with Gasteiger partial charge in [0.1, 0.15) is 30.2 Å². The maximum Gasteiger partial charge on any atom is 0.328 e. The summed E-state index contributed by atoms with van der Waals surface area (Å²) in [7, 11) is 1.38. The minimum absolute atomic E-state index is 0.00159. The van der Waals surface area contributed by atoms with E-state index < -0.39 is 214 Å². The molecular formula is C93H117N35O22. The van der Waals surface area contributed by atoms with Gasteiger partial charge in [-0.3, -0.25) is 85.9 Å². The second kappa shape index (κ2) is 56.5. The molecule has 14 amide bonds. The standard InChI is InChI=1S/C49H63N19O12.C44H54N16O10/c1-51-38(69)10-6-32(50)44(75)66-33(45(76)61-27-41(72)65-35(47(79)80)25-60-43(74)29-5-9-37-31(21-29)23-63-68(37)19-3-13-53-49-56-16-17-57-49)7-11-39(70)58-26-40(71)64-34(46(77)78)24-59-42(73)28-4-8-36-30(20-28)22-62-67(36)18-2-12-52-48-54-14-15-55-48;1-26(38(64)54-25-37(63)58-32(42(69)70)23-53-40(66)28-6-8-34-30(19-28)21-56-60(34)17-3-11-46-44-49-14-15-50-44)4-9-35(61)51-24-36(62)57-31(41(67)68)22-52-39(65)27-5-7-33-29(18-27)20-55-59(33)16-2-10-45-43-47-12-13-48-43/h4-5,8-9,14-17,20-23,32-35H,2-3,6-7,10-13,18-19,24-27,50H2,1H3,(H,51,69)(H,58,70)(H,59,73)(H,60,74)(H,61,76)(H,64,71)(H,65,72)(H,66,75)(H,77,78)(H,79,80)(H2,52,54,55)(H2,53,56,57);5-8,12-15,18-21,26,31-32H,2-4,9-11,16-17,22-25H2,1H3,(H,51,61)(H,52,65)(H,53,66)(H,54,64)(H,57,62)(H,58,63)(H,67,68)(H,69,70)(H2,45,47,48)(H2,46,49,50)/t32?,33?,34-,35-;26?,31-,32-/m00/s1. The molecule has 8 aromatic heterocycles. The van der Waals surface area contributed by atoms with Crippen molar-refractivity contribution < 1.29 is 107 Å². The van der Waals surface area contributed by atoms with Crippen molar-refractivity contribution in [2.75, 3.05) is 107 Å². The molecule has 0 saturated heterocycles. The normalized spacial score (nSPS) is 12.4. The number of rotatable bonds is 61. The van der Waals surface area contributed by atoms with Crippen LogP contribution in [0.15, 0.2) is 147 Å². The van der Waals surface area contributed by atoms with Gasteiger partial charge in [-0.2, -0.15) is 20.4 Å². The van der Waals surface area contributed by atoms with Gasteiger partial charge in [0, 0.05) is 204 Å². The molecule has 12 aromatic rings.